The van der Waals surface area contributed by atoms with Crippen LogP contribution in [0.3, 0.4) is 0 Å². The summed E-state index contributed by atoms with van der Waals surface area (Å²) in [5, 5.41) is 10.4. The molecule has 0 atom stereocenters. The maximum Gasteiger partial charge on any atom is 0.252 e. The van der Waals surface area contributed by atoms with E-state index in [0.717, 1.165) is 84.3 Å². The molecule has 0 saturated heterocycles. The zero-order valence-corrected chi connectivity index (χ0v) is 62.7. The Labute approximate surface area is 634 Å². The second-order valence-electron chi connectivity index (χ2n) is 33.2. The van der Waals surface area contributed by atoms with Gasteiger partial charge in [-0.2, -0.15) is 0 Å². The molecule has 2 aliphatic rings. The molecule has 516 valence electrons. The molecule has 3 heterocycles. The lowest BCUT2D eigenvalue weighted by Gasteiger charge is -2.46. The Kier molecular flexibility index (Phi) is 14.8. The predicted octanol–water partition coefficient (Wildman–Crippen LogP) is 26.8. The lowest BCUT2D eigenvalue weighted by atomic mass is 9.33. The molecule has 3 nitrogen and oxygen atoms in total. The van der Waals surface area contributed by atoms with E-state index in [2.05, 4.69) is 410 Å². The molecular formula is C104H82BN3. The van der Waals surface area contributed by atoms with E-state index < -0.39 is 0 Å². The Morgan fingerprint density at radius 3 is 1.11 bits per heavy atom. The molecule has 0 amide bonds. The van der Waals surface area contributed by atoms with Crippen molar-refractivity contribution in [2.24, 2.45) is 0 Å². The van der Waals surface area contributed by atoms with Crippen LogP contribution >= 0.6 is 0 Å². The fourth-order valence-electron chi connectivity index (χ4n) is 18.1. The van der Waals surface area contributed by atoms with Gasteiger partial charge in [0.1, 0.15) is 0 Å². The second kappa shape index (κ2) is 24.5. The molecule has 4 heteroatoms. The van der Waals surface area contributed by atoms with Gasteiger partial charge in [0, 0.05) is 61.5 Å². The van der Waals surface area contributed by atoms with E-state index in [-0.39, 0.29) is 23.0 Å². The molecule has 1 aromatic heterocycles. The molecule has 0 fully saturated rings. The number of hydrogen-bond donors (Lipinski definition) is 0. The molecule has 18 aromatic rings. The fraction of sp³-hybridized carbons (Fsp3) is 0.115. The topological polar surface area (TPSA) is 11.4 Å². The van der Waals surface area contributed by atoms with Crippen molar-refractivity contribution in [1.82, 2.24) is 4.57 Å². The highest BCUT2D eigenvalue weighted by molar-refractivity contribution is 7.00. The standard InChI is InChI=1S/C104H82BN3/c1-102(2,3)77-58-76(59-78(61-77)103(4,5)6)73-50-53-89-88(60-73)105-87-52-51-80(106-90-54-48-69-36-24-46-85-86-47-25-37-70-49-55-91(106)98(96(70)86)97(90)95(69)85)64-92(87)108(100-81(67-32-18-12-19-33-67)42-26-43-82(100)68-34-20-13-21-35-68)94-63-79(104(7,8)9)62-93(99(94)105)107(89)101-83(74-40-22-38-71(56-74)65-28-14-10-15-29-65)44-27-45-84(101)75-41-23-39-72(57-75)66-30-16-11-17-31-66/h10-64H,1-9H3. The number of benzene rings is 17. The number of nitrogens with zero attached hydrogens (tertiary/aromatic N) is 3. The number of fused-ring (bicyclic) bond motifs is 5. The van der Waals surface area contributed by atoms with Crippen LogP contribution in [0.1, 0.15) is 79.0 Å². The highest BCUT2D eigenvalue weighted by Crippen LogP contribution is 2.56. The second-order valence-corrected chi connectivity index (χ2v) is 33.2. The van der Waals surface area contributed by atoms with Crippen molar-refractivity contribution in [2.75, 3.05) is 9.80 Å². The number of rotatable bonds is 10. The number of anilines is 6. The zero-order valence-electron chi connectivity index (χ0n) is 62.7. The van der Waals surface area contributed by atoms with Crippen LogP contribution in [0.2, 0.25) is 0 Å². The molecule has 108 heavy (non-hydrogen) atoms. The first-order valence-corrected chi connectivity index (χ1v) is 38.3. The van der Waals surface area contributed by atoms with Gasteiger partial charge in [0.05, 0.1) is 22.4 Å². The first-order chi connectivity index (χ1) is 52.5. The van der Waals surface area contributed by atoms with Crippen molar-refractivity contribution in [1.29, 1.82) is 0 Å². The summed E-state index contributed by atoms with van der Waals surface area (Å²) >= 11 is 0. The van der Waals surface area contributed by atoms with Crippen molar-refractivity contribution >= 4 is 111 Å². The highest BCUT2D eigenvalue weighted by Gasteiger charge is 2.46. The average Bonchev–Trinajstić information content (AvgIpc) is 0.919. The third-order valence-electron chi connectivity index (χ3n) is 23.5. The molecule has 2 aliphatic heterocycles. The summed E-state index contributed by atoms with van der Waals surface area (Å²) in [5.41, 5.74) is 33.7. The fourth-order valence-corrected chi connectivity index (χ4v) is 18.1. The quantitative estimate of drug-likeness (QED) is 0.0768. The summed E-state index contributed by atoms with van der Waals surface area (Å²) < 4.78 is 2.59. The van der Waals surface area contributed by atoms with Gasteiger partial charge in [-0.05, 0) is 192 Å². The van der Waals surface area contributed by atoms with Gasteiger partial charge in [-0.15, -0.1) is 0 Å². The Balaban J connectivity index is 0.947. The largest absolute Gasteiger partial charge is 0.310 e. The Bertz CT molecular complexity index is 6310. The highest BCUT2D eigenvalue weighted by atomic mass is 15.2. The van der Waals surface area contributed by atoms with Crippen LogP contribution < -0.4 is 26.2 Å². The third-order valence-corrected chi connectivity index (χ3v) is 23.5. The van der Waals surface area contributed by atoms with E-state index >= 15 is 0 Å². The molecule has 0 unspecified atom stereocenters. The van der Waals surface area contributed by atoms with Crippen molar-refractivity contribution in [3.05, 3.63) is 350 Å². The van der Waals surface area contributed by atoms with Crippen LogP contribution in [0.15, 0.2) is 334 Å². The summed E-state index contributed by atoms with van der Waals surface area (Å²) in [7, 11) is 0. The van der Waals surface area contributed by atoms with E-state index in [0.29, 0.717) is 0 Å². The van der Waals surface area contributed by atoms with E-state index in [1.165, 1.54) is 121 Å². The molecule has 0 aliphatic carbocycles. The van der Waals surface area contributed by atoms with Gasteiger partial charge in [0.15, 0.2) is 0 Å². The van der Waals surface area contributed by atoms with E-state index in [1.807, 2.05) is 0 Å². The van der Waals surface area contributed by atoms with Crippen molar-refractivity contribution < 1.29 is 0 Å². The van der Waals surface area contributed by atoms with Gasteiger partial charge in [0.25, 0.3) is 6.71 Å². The van der Waals surface area contributed by atoms with Crippen LogP contribution in [0.5, 0.6) is 0 Å². The van der Waals surface area contributed by atoms with Gasteiger partial charge in [-0.1, -0.05) is 341 Å². The van der Waals surface area contributed by atoms with Gasteiger partial charge in [0.2, 0.25) is 0 Å². The van der Waals surface area contributed by atoms with Crippen molar-refractivity contribution in [3.63, 3.8) is 0 Å². The molecule has 20 rings (SSSR count). The number of hydrogen-bond acceptors (Lipinski definition) is 2. The monoisotopic (exact) mass is 1380 g/mol. The van der Waals surface area contributed by atoms with Gasteiger partial charge in [-0.25, -0.2) is 0 Å². The maximum atomic E-state index is 2.73. The minimum Gasteiger partial charge on any atom is -0.310 e. The van der Waals surface area contributed by atoms with Crippen molar-refractivity contribution in [3.8, 4) is 83.6 Å². The van der Waals surface area contributed by atoms with Gasteiger partial charge >= 0.3 is 0 Å². The first kappa shape index (κ1) is 65.1. The van der Waals surface area contributed by atoms with Gasteiger partial charge < -0.3 is 14.4 Å². The molecule has 0 saturated carbocycles. The van der Waals surface area contributed by atoms with E-state index in [1.54, 1.807) is 0 Å². The molecule has 0 radical (unpaired) electrons. The summed E-state index contributed by atoms with van der Waals surface area (Å²) in [4.78, 5) is 5.45. The smallest absolute Gasteiger partial charge is 0.252 e. The lowest BCUT2D eigenvalue weighted by molar-refractivity contribution is 0.569. The Hall–Kier alpha value is -12.5. The summed E-state index contributed by atoms with van der Waals surface area (Å²) in [6.07, 6.45) is 0. The Morgan fingerprint density at radius 2 is 0.639 bits per heavy atom. The first-order valence-electron chi connectivity index (χ1n) is 38.3. The van der Waals surface area contributed by atoms with Crippen LogP contribution in [-0.4, -0.2) is 11.3 Å². The normalized spacial score (nSPS) is 13.0. The van der Waals surface area contributed by atoms with E-state index in [4.69, 9.17) is 0 Å². The molecule has 0 bridgehead atoms. The lowest BCUT2D eigenvalue weighted by Crippen LogP contribution is -2.61. The molecule has 17 aromatic carbocycles. The maximum absolute atomic E-state index is 2.73. The van der Waals surface area contributed by atoms with E-state index in [9.17, 15) is 0 Å². The molecule has 0 N–H and O–H groups in total. The average molecular weight is 1380 g/mol. The number of aromatic nitrogens is 1. The molecule has 0 spiro atoms. The minimum atomic E-state index is -0.330. The zero-order chi connectivity index (χ0) is 73.1. The third kappa shape index (κ3) is 10.4. The van der Waals surface area contributed by atoms with Crippen LogP contribution in [0, 0.1) is 0 Å². The summed E-state index contributed by atoms with van der Waals surface area (Å²) in [5.74, 6) is 0. The van der Waals surface area contributed by atoms with Crippen molar-refractivity contribution in [2.45, 2.75) is 78.6 Å². The Morgan fingerprint density at radius 1 is 0.241 bits per heavy atom. The molecular weight excluding hydrogens is 1300 g/mol. The van der Waals surface area contributed by atoms with Crippen LogP contribution in [0.25, 0.3) is 138 Å². The van der Waals surface area contributed by atoms with Crippen LogP contribution in [-0.2, 0) is 16.2 Å². The van der Waals surface area contributed by atoms with Gasteiger partial charge in [-0.3, -0.25) is 0 Å². The number of para-hydroxylation sites is 2. The predicted molar refractivity (Wildman–Crippen MR) is 464 cm³/mol. The summed E-state index contributed by atoms with van der Waals surface area (Å²) in [6, 6.07) is 128. The van der Waals surface area contributed by atoms with Crippen LogP contribution in [0.4, 0.5) is 34.1 Å². The minimum absolute atomic E-state index is 0.105. The SMILES string of the molecule is CC(C)(C)c1cc(-c2ccc3c(c2)B2c4ccc(-n5c6ccc7cccc8c9cccc%10ccc5c(c%109)c6c78)cc4N(c4c(-c5ccccc5)cccc4-c4ccccc4)c4cc(C(C)(C)C)cc(c42)N3c2c(-c3cccc(-c4ccccc4)c3)cccc2-c2cccc(-c3ccccc3)c2)cc(C(C)(C)C)c1. The summed E-state index contributed by atoms with van der Waals surface area (Å²) in [6.45, 7) is 21.1.